The number of carbonyl (C=O) groups excluding carboxylic acids is 2. The first-order valence-corrected chi connectivity index (χ1v) is 15.3. The summed E-state index contributed by atoms with van der Waals surface area (Å²) in [6.45, 7) is 4.79. The van der Waals surface area contributed by atoms with Crippen LogP contribution in [0.25, 0.3) is 0 Å². The molecule has 0 saturated heterocycles. The number of para-hydroxylation sites is 1. The van der Waals surface area contributed by atoms with E-state index in [0.717, 1.165) is 28.1 Å². The Labute approximate surface area is 261 Å². The van der Waals surface area contributed by atoms with E-state index < -0.39 is 0 Å². The van der Waals surface area contributed by atoms with E-state index in [2.05, 4.69) is 16.0 Å². The molecule has 4 aromatic rings. The number of aryl methyl sites for hydroxylation is 1. The van der Waals surface area contributed by atoms with Gasteiger partial charge in [-0.15, -0.1) is 0 Å². The van der Waals surface area contributed by atoms with Gasteiger partial charge in [-0.05, 0) is 72.9 Å². The van der Waals surface area contributed by atoms with Crippen molar-refractivity contribution in [2.75, 3.05) is 46.1 Å². The van der Waals surface area contributed by atoms with E-state index >= 15 is 0 Å². The van der Waals surface area contributed by atoms with Crippen molar-refractivity contribution in [1.29, 1.82) is 0 Å². The van der Waals surface area contributed by atoms with Crippen LogP contribution in [-0.2, 0) is 6.42 Å². The second-order valence-corrected chi connectivity index (χ2v) is 11.3. The van der Waals surface area contributed by atoms with E-state index in [-0.39, 0.29) is 17.9 Å². The first-order chi connectivity index (χ1) is 22.0. The molecule has 6 bridgehead atoms. The van der Waals surface area contributed by atoms with Gasteiger partial charge in [-0.25, -0.2) is 4.98 Å². The predicted octanol–water partition coefficient (Wildman–Crippen LogP) is 4.65. The summed E-state index contributed by atoms with van der Waals surface area (Å²) < 4.78 is 24.0. The van der Waals surface area contributed by atoms with Crippen LogP contribution in [0.2, 0.25) is 0 Å². The lowest BCUT2D eigenvalue weighted by Gasteiger charge is -2.38. The third-order valence-electron chi connectivity index (χ3n) is 8.33. The Balaban J connectivity index is 1.21. The molecule has 0 N–H and O–H groups in total. The average Bonchev–Trinajstić information content (AvgIpc) is 3.08. The highest BCUT2D eigenvalue weighted by Gasteiger charge is 2.35. The lowest BCUT2D eigenvalue weighted by Crippen LogP contribution is -2.41. The van der Waals surface area contributed by atoms with Crippen molar-refractivity contribution in [3.63, 3.8) is 0 Å². The molecule has 45 heavy (non-hydrogen) atoms. The van der Waals surface area contributed by atoms with Gasteiger partial charge in [-0.2, -0.15) is 0 Å². The summed E-state index contributed by atoms with van der Waals surface area (Å²) in [5.74, 6) is 2.21. The maximum Gasteiger partial charge on any atom is 0.274 e. The molecular formula is C35H34N4O6. The highest BCUT2D eigenvalue weighted by atomic mass is 16.6. The SMILES string of the molecule is Cc1cnc(C(=O)N2CCCOc3cccc(c3)C3c4ccc(cc4CCN3C(=O)c3cccc4c3OCCO4)OCC2)cn1. The molecular weight excluding hydrogens is 572 g/mol. The highest BCUT2D eigenvalue weighted by molar-refractivity contribution is 5.98. The van der Waals surface area contributed by atoms with Crippen molar-refractivity contribution in [1.82, 2.24) is 19.8 Å². The Hall–Kier alpha value is -5.12. The molecule has 1 atom stereocenters. The Kier molecular flexibility index (Phi) is 7.94. The molecule has 0 fully saturated rings. The largest absolute Gasteiger partial charge is 0.494 e. The zero-order valence-corrected chi connectivity index (χ0v) is 25.1. The zero-order chi connectivity index (χ0) is 30.8. The number of aromatic nitrogens is 2. The van der Waals surface area contributed by atoms with Crippen LogP contribution in [0, 0.1) is 6.92 Å². The molecule has 5 heterocycles. The van der Waals surface area contributed by atoms with Crippen LogP contribution in [0.5, 0.6) is 23.0 Å². The van der Waals surface area contributed by atoms with Crippen LogP contribution in [0.3, 0.4) is 0 Å². The number of hydrogen-bond donors (Lipinski definition) is 0. The number of hydrogen-bond acceptors (Lipinski definition) is 8. The first kappa shape index (κ1) is 28.6. The molecule has 8 rings (SSSR count). The molecule has 230 valence electrons. The van der Waals surface area contributed by atoms with E-state index in [1.54, 1.807) is 17.2 Å². The minimum atomic E-state index is -0.337. The maximum atomic E-state index is 14.2. The van der Waals surface area contributed by atoms with E-state index in [1.165, 1.54) is 6.20 Å². The standard InChI is InChI=1S/C35H34N4O6/c1-23-21-37-30(22-36-23)35(41)38-12-4-15-42-26-6-2-5-25(20-26)32-28-10-9-27(43-16-14-38)19-24(28)11-13-39(32)34(40)29-7-3-8-31-33(29)45-18-17-44-31/h2-3,5-10,19-22,32H,4,11-18H2,1H3. The van der Waals surface area contributed by atoms with Gasteiger partial charge in [0.05, 0.1) is 36.6 Å². The molecule has 4 aliphatic rings. The van der Waals surface area contributed by atoms with Gasteiger partial charge in [0.1, 0.15) is 37.0 Å². The molecule has 10 nitrogen and oxygen atoms in total. The van der Waals surface area contributed by atoms with Crippen LogP contribution < -0.4 is 18.9 Å². The van der Waals surface area contributed by atoms with Crippen molar-refractivity contribution in [3.05, 3.63) is 107 Å². The van der Waals surface area contributed by atoms with Gasteiger partial charge in [0.25, 0.3) is 11.8 Å². The molecule has 1 aromatic heterocycles. The van der Waals surface area contributed by atoms with Gasteiger partial charge in [0.2, 0.25) is 0 Å². The molecule has 0 saturated carbocycles. The average molecular weight is 607 g/mol. The van der Waals surface area contributed by atoms with Crippen LogP contribution in [0.4, 0.5) is 0 Å². The summed E-state index contributed by atoms with van der Waals surface area (Å²) >= 11 is 0. The monoisotopic (exact) mass is 606 g/mol. The topological polar surface area (TPSA) is 103 Å². The number of fused-ring (bicyclic) bond motifs is 9. The van der Waals surface area contributed by atoms with E-state index in [4.69, 9.17) is 18.9 Å². The van der Waals surface area contributed by atoms with Gasteiger partial charge < -0.3 is 28.7 Å². The van der Waals surface area contributed by atoms with E-state index in [1.807, 2.05) is 60.4 Å². The Bertz CT molecular complexity index is 1730. The molecule has 3 aromatic carbocycles. The molecule has 0 radical (unpaired) electrons. The Morgan fingerprint density at radius 1 is 0.778 bits per heavy atom. The minimum Gasteiger partial charge on any atom is -0.494 e. The van der Waals surface area contributed by atoms with Gasteiger partial charge >= 0.3 is 0 Å². The number of carbonyl (C=O) groups is 2. The number of rotatable bonds is 2. The quantitative estimate of drug-likeness (QED) is 0.325. The fraction of sp³-hybridized carbons (Fsp3) is 0.314. The van der Waals surface area contributed by atoms with Crippen molar-refractivity contribution in [2.45, 2.75) is 25.8 Å². The zero-order valence-electron chi connectivity index (χ0n) is 25.1. The van der Waals surface area contributed by atoms with Gasteiger partial charge in [-0.3, -0.25) is 14.6 Å². The molecule has 0 aliphatic carbocycles. The first-order valence-electron chi connectivity index (χ1n) is 15.3. The third kappa shape index (κ3) is 5.87. The summed E-state index contributed by atoms with van der Waals surface area (Å²) in [4.78, 5) is 39.7. The normalized spacial score (nSPS) is 17.7. The van der Waals surface area contributed by atoms with Gasteiger partial charge in [-0.1, -0.05) is 24.3 Å². The third-order valence-corrected chi connectivity index (χ3v) is 8.33. The van der Waals surface area contributed by atoms with Crippen molar-refractivity contribution in [2.24, 2.45) is 0 Å². The molecule has 0 spiro atoms. The lowest BCUT2D eigenvalue weighted by atomic mass is 9.87. The molecule has 4 aliphatic heterocycles. The molecule has 1 unspecified atom stereocenters. The van der Waals surface area contributed by atoms with Crippen LogP contribution in [0.15, 0.2) is 73.1 Å². The summed E-state index contributed by atoms with van der Waals surface area (Å²) in [7, 11) is 0. The summed E-state index contributed by atoms with van der Waals surface area (Å²) in [5, 5.41) is 0. The predicted molar refractivity (Wildman–Crippen MR) is 165 cm³/mol. The fourth-order valence-electron chi connectivity index (χ4n) is 6.14. The molecule has 2 amide bonds. The number of benzene rings is 3. The highest BCUT2D eigenvalue weighted by Crippen LogP contribution is 2.41. The van der Waals surface area contributed by atoms with Crippen molar-refractivity contribution in [3.8, 4) is 23.0 Å². The number of nitrogens with zero attached hydrogens (tertiary/aromatic N) is 4. The van der Waals surface area contributed by atoms with E-state index in [0.29, 0.717) is 87.4 Å². The Morgan fingerprint density at radius 3 is 2.51 bits per heavy atom. The van der Waals surface area contributed by atoms with Crippen molar-refractivity contribution >= 4 is 11.8 Å². The second kappa shape index (κ2) is 12.5. The molecule has 10 heteroatoms. The fourth-order valence-corrected chi connectivity index (χ4v) is 6.14. The lowest BCUT2D eigenvalue weighted by molar-refractivity contribution is 0.0680. The maximum absolute atomic E-state index is 14.2. The second-order valence-electron chi connectivity index (χ2n) is 11.3. The number of amides is 2. The van der Waals surface area contributed by atoms with Crippen LogP contribution >= 0.6 is 0 Å². The van der Waals surface area contributed by atoms with Gasteiger partial charge in [0, 0.05) is 19.3 Å². The summed E-state index contributed by atoms with van der Waals surface area (Å²) in [5.41, 5.74) is 4.63. The summed E-state index contributed by atoms with van der Waals surface area (Å²) in [6.07, 6.45) is 4.39. The smallest absolute Gasteiger partial charge is 0.274 e. The van der Waals surface area contributed by atoms with E-state index in [9.17, 15) is 9.59 Å². The Morgan fingerprint density at radius 2 is 1.62 bits per heavy atom. The van der Waals surface area contributed by atoms with Crippen molar-refractivity contribution < 1.29 is 28.5 Å². The van der Waals surface area contributed by atoms with Crippen LogP contribution in [-0.4, -0.2) is 77.6 Å². The number of ether oxygens (including phenoxy) is 4. The van der Waals surface area contributed by atoms with Crippen LogP contribution in [0.1, 0.15) is 55.7 Å². The summed E-state index contributed by atoms with van der Waals surface area (Å²) in [6, 6.07) is 19.1. The minimum absolute atomic E-state index is 0.114. The van der Waals surface area contributed by atoms with Gasteiger partial charge in [0.15, 0.2) is 11.5 Å².